The Bertz CT molecular complexity index is 1100. The van der Waals surface area contributed by atoms with Crippen molar-refractivity contribution >= 4 is 44.4 Å². The standard InChI is InChI=1S/C21H20N4O4S/c1-29-17-3-2-4-18-20(17)22-21(30-18)24-13-11-23(12-14-24)19(26)10-7-15-5-8-16(9-6-15)25(27)28/h2-10H,11-14H2,1H3/b10-7+. The van der Waals surface area contributed by atoms with E-state index < -0.39 is 4.92 Å². The molecule has 9 heteroatoms. The molecule has 1 aliphatic rings. The number of carbonyl (C=O) groups excluding carboxylic acids is 1. The lowest BCUT2D eigenvalue weighted by Gasteiger charge is -2.34. The van der Waals surface area contributed by atoms with Crippen LogP contribution in [0.25, 0.3) is 16.3 Å². The van der Waals surface area contributed by atoms with E-state index in [1.807, 2.05) is 18.2 Å². The third kappa shape index (κ3) is 4.11. The number of ether oxygens (including phenoxy) is 1. The zero-order chi connectivity index (χ0) is 21.1. The van der Waals surface area contributed by atoms with Gasteiger partial charge in [0.05, 0.1) is 16.7 Å². The molecule has 0 aliphatic carbocycles. The Morgan fingerprint density at radius 1 is 1.17 bits per heavy atom. The summed E-state index contributed by atoms with van der Waals surface area (Å²) in [6, 6.07) is 12.0. The van der Waals surface area contributed by atoms with Crippen LogP contribution in [0.1, 0.15) is 5.56 Å². The molecular weight excluding hydrogens is 404 g/mol. The fourth-order valence-electron chi connectivity index (χ4n) is 3.31. The van der Waals surface area contributed by atoms with Crippen LogP contribution in [0.2, 0.25) is 0 Å². The number of methoxy groups -OCH3 is 1. The number of piperazine rings is 1. The van der Waals surface area contributed by atoms with Gasteiger partial charge in [-0.2, -0.15) is 0 Å². The van der Waals surface area contributed by atoms with E-state index in [1.165, 1.54) is 18.2 Å². The number of benzene rings is 2. The zero-order valence-electron chi connectivity index (χ0n) is 16.4. The maximum Gasteiger partial charge on any atom is 0.269 e. The van der Waals surface area contributed by atoms with Crippen molar-refractivity contribution in [3.8, 4) is 5.75 Å². The van der Waals surface area contributed by atoms with Crippen LogP contribution in [0.5, 0.6) is 5.75 Å². The van der Waals surface area contributed by atoms with E-state index in [4.69, 9.17) is 9.72 Å². The molecule has 0 radical (unpaired) electrons. The number of nitro benzene ring substituents is 1. The summed E-state index contributed by atoms with van der Waals surface area (Å²) in [5.41, 5.74) is 1.64. The van der Waals surface area contributed by atoms with E-state index in [1.54, 1.807) is 41.6 Å². The van der Waals surface area contributed by atoms with Gasteiger partial charge in [-0.3, -0.25) is 14.9 Å². The molecule has 0 unspecified atom stereocenters. The van der Waals surface area contributed by atoms with Gasteiger partial charge >= 0.3 is 0 Å². The molecular formula is C21H20N4O4S. The Morgan fingerprint density at radius 2 is 1.90 bits per heavy atom. The van der Waals surface area contributed by atoms with E-state index in [0.717, 1.165) is 26.7 Å². The molecule has 0 N–H and O–H groups in total. The summed E-state index contributed by atoms with van der Waals surface area (Å²) in [6.07, 6.45) is 3.19. The number of rotatable bonds is 5. The van der Waals surface area contributed by atoms with E-state index >= 15 is 0 Å². The normalized spacial score (nSPS) is 14.4. The van der Waals surface area contributed by atoms with Crippen molar-refractivity contribution in [1.82, 2.24) is 9.88 Å². The Kier molecular flexibility index (Phi) is 5.62. The number of non-ortho nitro benzene ring substituents is 1. The van der Waals surface area contributed by atoms with E-state index in [0.29, 0.717) is 26.2 Å². The maximum atomic E-state index is 12.5. The number of thiazole rings is 1. The average molecular weight is 424 g/mol. The van der Waals surface area contributed by atoms with Crippen LogP contribution in [0.3, 0.4) is 0 Å². The number of nitrogens with zero attached hydrogens (tertiary/aromatic N) is 4. The van der Waals surface area contributed by atoms with Gasteiger partial charge in [-0.25, -0.2) is 4.98 Å². The quantitative estimate of drug-likeness (QED) is 0.353. The number of para-hydroxylation sites is 1. The smallest absolute Gasteiger partial charge is 0.269 e. The molecule has 1 aromatic heterocycles. The molecule has 2 aromatic carbocycles. The minimum absolute atomic E-state index is 0.0297. The van der Waals surface area contributed by atoms with Crippen LogP contribution in [0.15, 0.2) is 48.5 Å². The molecule has 1 saturated heterocycles. The van der Waals surface area contributed by atoms with Crippen molar-refractivity contribution < 1.29 is 14.5 Å². The van der Waals surface area contributed by atoms with Gasteiger partial charge in [-0.1, -0.05) is 17.4 Å². The van der Waals surface area contributed by atoms with Gasteiger partial charge in [0.25, 0.3) is 5.69 Å². The summed E-state index contributed by atoms with van der Waals surface area (Å²) < 4.78 is 6.47. The molecule has 0 bridgehead atoms. The number of aromatic nitrogens is 1. The van der Waals surface area contributed by atoms with Crippen LogP contribution >= 0.6 is 11.3 Å². The topological polar surface area (TPSA) is 88.8 Å². The first kappa shape index (κ1) is 19.8. The summed E-state index contributed by atoms with van der Waals surface area (Å²) in [6.45, 7) is 2.63. The molecule has 0 spiro atoms. The molecule has 2 heterocycles. The minimum Gasteiger partial charge on any atom is -0.494 e. The van der Waals surface area contributed by atoms with Gasteiger partial charge < -0.3 is 14.5 Å². The van der Waals surface area contributed by atoms with Crippen LogP contribution in [-0.2, 0) is 4.79 Å². The van der Waals surface area contributed by atoms with Gasteiger partial charge in [0.15, 0.2) is 5.13 Å². The van der Waals surface area contributed by atoms with Crippen molar-refractivity contribution in [2.45, 2.75) is 0 Å². The van der Waals surface area contributed by atoms with Crippen molar-refractivity contribution in [1.29, 1.82) is 0 Å². The number of hydrogen-bond acceptors (Lipinski definition) is 7. The van der Waals surface area contributed by atoms with Gasteiger partial charge in [0.2, 0.25) is 5.91 Å². The van der Waals surface area contributed by atoms with E-state index in [9.17, 15) is 14.9 Å². The lowest BCUT2D eigenvalue weighted by atomic mass is 10.2. The first-order valence-corrected chi connectivity index (χ1v) is 10.3. The Labute approximate surface area is 177 Å². The SMILES string of the molecule is COc1cccc2sc(N3CCN(C(=O)/C=C/c4ccc([N+](=O)[O-])cc4)CC3)nc12. The molecule has 30 heavy (non-hydrogen) atoms. The number of nitro groups is 1. The Hall–Kier alpha value is -3.46. The molecule has 0 saturated carbocycles. The minimum atomic E-state index is -0.445. The second-order valence-electron chi connectivity index (χ2n) is 6.80. The van der Waals surface area contributed by atoms with Gasteiger partial charge in [0.1, 0.15) is 11.3 Å². The summed E-state index contributed by atoms with van der Waals surface area (Å²) in [5.74, 6) is 0.694. The average Bonchev–Trinajstić information content (AvgIpc) is 3.22. The second-order valence-corrected chi connectivity index (χ2v) is 7.81. The lowest BCUT2D eigenvalue weighted by Crippen LogP contribution is -2.48. The van der Waals surface area contributed by atoms with Crippen molar-refractivity contribution in [2.75, 3.05) is 38.2 Å². The molecule has 0 atom stereocenters. The number of carbonyl (C=O) groups is 1. The first-order chi connectivity index (χ1) is 14.5. The second kappa shape index (κ2) is 8.50. The van der Waals surface area contributed by atoms with Gasteiger partial charge in [-0.15, -0.1) is 0 Å². The molecule has 1 amide bonds. The summed E-state index contributed by atoms with van der Waals surface area (Å²) in [5, 5.41) is 11.6. The van der Waals surface area contributed by atoms with Crippen molar-refractivity contribution in [3.05, 3.63) is 64.2 Å². The highest BCUT2D eigenvalue weighted by Gasteiger charge is 2.22. The van der Waals surface area contributed by atoms with Crippen LogP contribution in [0.4, 0.5) is 10.8 Å². The monoisotopic (exact) mass is 424 g/mol. The molecule has 4 rings (SSSR count). The van der Waals surface area contributed by atoms with E-state index in [2.05, 4.69) is 4.90 Å². The first-order valence-electron chi connectivity index (χ1n) is 9.45. The Morgan fingerprint density at radius 3 is 2.57 bits per heavy atom. The van der Waals surface area contributed by atoms with E-state index in [-0.39, 0.29) is 11.6 Å². The predicted molar refractivity (Wildman–Crippen MR) is 117 cm³/mol. The van der Waals surface area contributed by atoms with Crippen LogP contribution in [-0.4, -0.2) is 54.0 Å². The highest BCUT2D eigenvalue weighted by Crippen LogP contribution is 2.34. The summed E-state index contributed by atoms with van der Waals surface area (Å²) in [7, 11) is 1.64. The number of fused-ring (bicyclic) bond motifs is 1. The molecule has 8 nitrogen and oxygen atoms in total. The van der Waals surface area contributed by atoms with Crippen molar-refractivity contribution in [3.63, 3.8) is 0 Å². The third-order valence-corrected chi connectivity index (χ3v) is 6.06. The fourth-order valence-corrected chi connectivity index (χ4v) is 4.34. The largest absolute Gasteiger partial charge is 0.494 e. The molecule has 1 aliphatic heterocycles. The van der Waals surface area contributed by atoms with Crippen LogP contribution < -0.4 is 9.64 Å². The molecule has 3 aromatic rings. The third-order valence-electron chi connectivity index (χ3n) is 4.97. The number of anilines is 1. The van der Waals surface area contributed by atoms with Crippen molar-refractivity contribution in [2.24, 2.45) is 0 Å². The van der Waals surface area contributed by atoms with Gasteiger partial charge in [0, 0.05) is 44.4 Å². The Balaban J connectivity index is 1.37. The number of hydrogen-bond donors (Lipinski definition) is 0. The lowest BCUT2D eigenvalue weighted by molar-refractivity contribution is -0.384. The van der Waals surface area contributed by atoms with Gasteiger partial charge in [-0.05, 0) is 35.9 Å². The maximum absolute atomic E-state index is 12.5. The summed E-state index contributed by atoms with van der Waals surface area (Å²) in [4.78, 5) is 31.5. The molecule has 1 fully saturated rings. The molecule has 154 valence electrons. The zero-order valence-corrected chi connectivity index (χ0v) is 17.2. The highest BCUT2D eigenvalue weighted by atomic mass is 32.1. The summed E-state index contributed by atoms with van der Waals surface area (Å²) >= 11 is 1.62. The van der Waals surface area contributed by atoms with Crippen LogP contribution in [0, 0.1) is 10.1 Å². The predicted octanol–water partition coefficient (Wildman–Crippen LogP) is 3.58. The fraction of sp³-hybridized carbons (Fsp3) is 0.238. The highest BCUT2D eigenvalue weighted by molar-refractivity contribution is 7.22. The number of amides is 1.